The van der Waals surface area contributed by atoms with Crippen LogP contribution in [0.5, 0.6) is 5.88 Å². The number of hydrogen-bond donors (Lipinski definition) is 1. The van der Waals surface area contributed by atoms with Gasteiger partial charge in [0.05, 0.1) is 19.7 Å². The van der Waals surface area contributed by atoms with Gasteiger partial charge in [-0.3, -0.25) is 4.79 Å². The van der Waals surface area contributed by atoms with E-state index in [-0.39, 0.29) is 36.4 Å². The summed E-state index contributed by atoms with van der Waals surface area (Å²) in [5, 5.41) is 3.23. The Labute approximate surface area is 185 Å². The van der Waals surface area contributed by atoms with E-state index in [1.54, 1.807) is 13.3 Å². The summed E-state index contributed by atoms with van der Waals surface area (Å²) in [5.74, 6) is 1.30. The molecule has 1 aromatic rings. The standard InChI is InChI=1S/C19H33N5O3.HI/c1-6-20-19(23(4)15-17(25)24(7-2)8-3)22-14-16-10-9-11-21-18(16)27-13-12-26-5;/h9-11H,6-8,12-15H2,1-5H3,(H,20,22);1H. The zero-order valence-corrected chi connectivity index (χ0v) is 19.9. The molecule has 0 bridgehead atoms. The van der Waals surface area contributed by atoms with Crippen molar-refractivity contribution in [2.75, 3.05) is 53.6 Å². The molecule has 160 valence electrons. The van der Waals surface area contributed by atoms with Gasteiger partial charge in [-0.25, -0.2) is 9.98 Å². The van der Waals surface area contributed by atoms with Gasteiger partial charge in [0.2, 0.25) is 11.8 Å². The van der Waals surface area contributed by atoms with Gasteiger partial charge >= 0.3 is 0 Å². The van der Waals surface area contributed by atoms with Crippen molar-refractivity contribution in [3.05, 3.63) is 23.9 Å². The molecule has 0 spiro atoms. The number of hydrogen-bond acceptors (Lipinski definition) is 5. The summed E-state index contributed by atoms with van der Waals surface area (Å²) >= 11 is 0. The SMILES string of the molecule is CCNC(=NCc1cccnc1OCCOC)N(C)CC(=O)N(CC)CC.I. The van der Waals surface area contributed by atoms with E-state index < -0.39 is 0 Å². The van der Waals surface area contributed by atoms with E-state index >= 15 is 0 Å². The van der Waals surface area contributed by atoms with Gasteiger partial charge in [-0.05, 0) is 26.8 Å². The number of ether oxygens (including phenoxy) is 2. The molecule has 1 aromatic heterocycles. The van der Waals surface area contributed by atoms with Crippen LogP contribution < -0.4 is 10.1 Å². The van der Waals surface area contributed by atoms with Crippen molar-refractivity contribution < 1.29 is 14.3 Å². The number of pyridine rings is 1. The first kappa shape index (κ1) is 26.4. The largest absolute Gasteiger partial charge is 0.475 e. The lowest BCUT2D eigenvalue weighted by atomic mass is 10.3. The molecule has 0 aromatic carbocycles. The molecule has 9 heteroatoms. The Morgan fingerprint density at radius 3 is 2.57 bits per heavy atom. The van der Waals surface area contributed by atoms with Crippen LogP contribution in [0.25, 0.3) is 0 Å². The fourth-order valence-electron chi connectivity index (χ4n) is 2.48. The molecule has 0 aliphatic rings. The zero-order valence-electron chi connectivity index (χ0n) is 17.6. The molecular formula is C19H34IN5O3. The van der Waals surface area contributed by atoms with Gasteiger partial charge < -0.3 is 24.6 Å². The Balaban J connectivity index is 0.00000729. The van der Waals surface area contributed by atoms with Crippen molar-refractivity contribution in [2.45, 2.75) is 27.3 Å². The van der Waals surface area contributed by atoms with Crippen molar-refractivity contribution in [3.8, 4) is 5.88 Å². The summed E-state index contributed by atoms with van der Waals surface area (Å²) in [4.78, 5) is 24.9. The molecule has 28 heavy (non-hydrogen) atoms. The number of likely N-dealkylation sites (N-methyl/N-ethyl adjacent to an activating group) is 2. The summed E-state index contributed by atoms with van der Waals surface area (Å²) in [5.41, 5.74) is 0.882. The molecule has 1 amide bonds. The molecule has 0 atom stereocenters. The van der Waals surface area contributed by atoms with Crippen molar-refractivity contribution in [3.63, 3.8) is 0 Å². The van der Waals surface area contributed by atoms with Crippen molar-refractivity contribution >= 4 is 35.8 Å². The molecule has 1 N–H and O–H groups in total. The maximum absolute atomic E-state index is 12.4. The number of guanidine groups is 1. The van der Waals surface area contributed by atoms with Crippen LogP contribution in [0.4, 0.5) is 0 Å². The van der Waals surface area contributed by atoms with E-state index in [0.29, 0.717) is 51.2 Å². The fourth-order valence-corrected chi connectivity index (χ4v) is 2.48. The lowest BCUT2D eigenvalue weighted by Crippen LogP contribution is -2.45. The average Bonchev–Trinajstić information content (AvgIpc) is 2.67. The minimum atomic E-state index is 0. The van der Waals surface area contributed by atoms with Gasteiger partial charge in [-0.15, -0.1) is 24.0 Å². The molecule has 0 unspecified atom stereocenters. The Bertz CT molecular complexity index is 597. The van der Waals surface area contributed by atoms with Crippen LogP contribution in [0.2, 0.25) is 0 Å². The van der Waals surface area contributed by atoms with Crippen LogP contribution in [-0.2, 0) is 16.1 Å². The number of aliphatic imine (C=N–C) groups is 1. The van der Waals surface area contributed by atoms with E-state index in [0.717, 1.165) is 5.56 Å². The number of carbonyl (C=O) groups is 1. The maximum Gasteiger partial charge on any atom is 0.242 e. The molecule has 1 rings (SSSR count). The first-order chi connectivity index (χ1) is 13.1. The monoisotopic (exact) mass is 507 g/mol. The molecular weight excluding hydrogens is 473 g/mol. The normalized spacial score (nSPS) is 10.8. The number of rotatable bonds is 11. The molecule has 1 heterocycles. The molecule has 0 fully saturated rings. The third-order valence-corrected chi connectivity index (χ3v) is 3.96. The number of methoxy groups -OCH3 is 1. The summed E-state index contributed by atoms with van der Waals surface area (Å²) in [7, 11) is 3.49. The van der Waals surface area contributed by atoms with Crippen LogP contribution in [0.15, 0.2) is 23.3 Å². The number of carbonyl (C=O) groups excluding carboxylic acids is 1. The molecule has 0 saturated heterocycles. The predicted octanol–water partition coefficient (Wildman–Crippen LogP) is 1.99. The Kier molecular flexibility index (Phi) is 14.4. The Morgan fingerprint density at radius 1 is 1.25 bits per heavy atom. The second-order valence-electron chi connectivity index (χ2n) is 5.90. The highest BCUT2D eigenvalue weighted by molar-refractivity contribution is 14.0. The first-order valence-corrected chi connectivity index (χ1v) is 9.40. The summed E-state index contributed by atoms with van der Waals surface area (Å²) < 4.78 is 10.7. The lowest BCUT2D eigenvalue weighted by Gasteiger charge is -2.25. The molecule has 0 radical (unpaired) electrons. The number of amides is 1. The highest BCUT2D eigenvalue weighted by atomic mass is 127. The average molecular weight is 507 g/mol. The third-order valence-electron chi connectivity index (χ3n) is 3.96. The van der Waals surface area contributed by atoms with Gasteiger partial charge in [0.25, 0.3) is 0 Å². The molecule has 0 saturated carbocycles. The van der Waals surface area contributed by atoms with Crippen molar-refractivity contribution in [2.24, 2.45) is 4.99 Å². The predicted molar refractivity (Wildman–Crippen MR) is 122 cm³/mol. The van der Waals surface area contributed by atoms with Crippen LogP contribution in [0.1, 0.15) is 26.3 Å². The van der Waals surface area contributed by atoms with E-state index in [1.807, 2.05) is 49.8 Å². The minimum Gasteiger partial charge on any atom is -0.475 e. The second-order valence-corrected chi connectivity index (χ2v) is 5.90. The molecule has 0 aliphatic carbocycles. The number of nitrogens with one attached hydrogen (secondary N) is 1. The number of aromatic nitrogens is 1. The first-order valence-electron chi connectivity index (χ1n) is 9.40. The third kappa shape index (κ3) is 9.05. The van der Waals surface area contributed by atoms with Crippen LogP contribution in [-0.4, -0.2) is 80.2 Å². The highest BCUT2D eigenvalue weighted by Crippen LogP contribution is 2.15. The molecule has 0 aliphatic heterocycles. The van der Waals surface area contributed by atoms with E-state index in [2.05, 4.69) is 15.3 Å². The minimum absolute atomic E-state index is 0. The number of halogens is 1. The number of nitrogens with zero attached hydrogens (tertiary/aromatic N) is 4. The fraction of sp³-hybridized carbons (Fsp3) is 0.632. The van der Waals surface area contributed by atoms with Gasteiger partial charge in [0.1, 0.15) is 6.61 Å². The topological polar surface area (TPSA) is 79.3 Å². The van der Waals surface area contributed by atoms with E-state index in [9.17, 15) is 4.79 Å². The molecule has 8 nitrogen and oxygen atoms in total. The van der Waals surface area contributed by atoms with Gasteiger partial charge in [-0.1, -0.05) is 6.07 Å². The van der Waals surface area contributed by atoms with E-state index in [4.69, 9.17) is 9.47 Å². The summed E-state index contributed by atoms with van der Waals surface area (Å²) in [6.45, 7) is 9.69. The van der Waals surface area contributed by atoms with Crippen molar-refractivity contribution in [1.82, 2.24) is 20.1 Å². The Hall–Kier alpha value is -1.62. The lowest BCUT2D eigenvalue weighted by molar-refractivity contribution is -0.131. The maximum atomic E-state index is 12.4. The Morgan fingerprint density at radius 2 is 1.96 bits per heavy atom. The van der Waals surface area contributed by atoms with Gasteiger partial charge in [0.15, 0.2) is 5.96 Å². The summed E-state index contributed by atoms with van der Waals surface area (Å²) in [6, 6.07) is 3.79. The smallest absolute Gasteiger partial charge is 0.242 e. The van der Waals surface area contributed by atoms with Gasteiger partial charge in [-0.2, -0.15) is 0 Å². The van der Waals surface area contributed by atoms with E-state index in [1.165, 1.54) is 0 Å². The van der Waals surface area contributed by atoms with Crippen LogP contribution in [0, 0.1) is 0 Å². The van der Waals surface area contributed by atoms with Gasteiger partial charge in [0, 0.05) is 45.6 Å². The second kappa shape index (κ2) is 15.3. The highest BCUT2D eigenvalue weighted by Gasteiger charge is 2.15. The quantitative estimate of drug-likeness (QED) is 0.214. The van der Waals surface area contributed by atoms with Crippen LogP contribution >= 0.6 is 24.0 Å². The summed E-state index contributed by atoms with van der Waals surface area (Å²) in [6.07, 6.45) is 1.69. The van der Waals surface area contributed by atoms with Crippen molar-refractivity contribution in [1.29, 1.82) is 0 Å². The van der Waals surface area contributed by atoms with Crippen LogP contribution in [0.3, 0.4) is 0 Å². The zero-order chi connectivity index (χ0) is 20.1.